The van der Waals surface area contributed by atoms with E-state index in [0.29, 0.717) is 62.0 Å². The molecule has 2 aromatic rings. The van der Waals surface area contributed by atoms with E-state index in [9.17, 15) is 19.5 Å². The molecule has 236 valence electrons. The second kappa shape index (κ2) is 11.8. The molecule has 1 atom stereocenters. The molecule has 0 spiro atoms. The summed E-state index contributed by atoms with van der Waals surface area (Å²) in [6.45, 7) is 3.05. The number of nitrogens with zero attached hydrogens (tertiary/aromatic N) is 6. The molecule has 0 radical (unpaired) electrons. The van der Waals surface area contributed by atoms with Gasteiger partial charge in [0, 0.05) is 37.5 Å². The van der Waals surface area contributed by atoms with Crippen molar-refractivity contribution in [2.24, 2.45) is 34.1 Å². The molecule has 1 saturated heterocycles. The monoisotopic (exact) mass is 607 g/mol. The minimum atomic E-state index is -1.22. The molecular weight excluding hydrogens is 566 g/mol. The van der Waals surface area contributed by atoms with Gasteiger partial charge in [0.05, 0.1) is 19.5 Å². The van der Waals surface area contributed by atoms with Gasteiger partial charge in [-0.2, -0.15) is 0 Å². The summed E-state index contributed by atoms with van der Waals surface area (Å²) in [6.07, 6.45) is 11.8. The van der Waals surface area contributed by atoms with Crippen molar-refractivity contribution in [1.29, 1.82) is 0 Å². The maximum Gasteiger partial charge on any atom is 0.407 e. The van der Waals surface area contributed by atoms with Crippen LogP contribution in [0.1, 0.15) is 57.8 Å². The van der Waals surface area contributed by atoms with Crippen LogP contribution in [-0.4, -0.2) is 87.4 Å². The fourth-order valence-electron chi connectivity index (χ4n) is 8.67. The molecule has 2 amide bonds. The van der Waals surface area contributed by atoms with Gasteiger partial charge in [-0.3, -0.25) is 15.1 Å². The highest BCUT2D eigenvalue weighted by atomic mass is 16.5. The van der Waals surface area contributed by atoms with Crippen molar-refractivity contribution in [2.45, 2.75) is 70.4 Å². The maximum absolute atomic E-state index is 12.8. The number of hydrogen-bond donors (Lipinski definition) is 4. The van der Waals surface area contributed by atoms with Gasteiger partial charge in [-0.15, -0.1) is 0 Å². The molecule has 4 heterocycles. The zero-order valence-electron chi connectivity index (χ0n) is 24.9. The largest absolute Gasteiger partial charge is 0.480 e. The van der Waals surface area contributed by atoms with E-state index in [1.165, 1.54) is 31.9 Å². The number of amides is 2. The Kier molecular flexibility index (Phi) is 7.75. The van der Waals surface area contributed by atoms with Crippen molar-refractivity contribution < 1.29 is 24.2 Å². The number of nitrogens with one attached hydrogen (secondary N) is 3. The van der Waals surface area contributed by atoms with E-state index < -0.39 is 18.1 Å². The molecule has 2 aromatic heterocycles. The van der Waals surface area contributed by atoms with Gasteiger partial charge in [-0.1, -0.05) is 0 Å². The van der Waals surface area contributed by atoms with Gasteiger partial charge >= 0.3 is 12.1 Å². The van der Waals surface area contributed by atoms with Crippen LogP contribution in [0.15, 0.2) is 17.6 Å². The normalized spacial score (nSPS) is 28.7. The summed E-state index contributed by atoms with van der Waals surface area (Å²) in [6, 6.07) is -1.22. The van der Waals surface area contributed by atoms with E-state index in [1.807, 2.05) is 0 Å². The quantitative estimate of drug-likeness (QED) is 0.347. The number of hydrogen-bond acceptors (Lipinski definition) is 10. The molecular formula is C30H41N9O5. The highest BCUT2D eigenvalue weighted by molar-refractivity contribution is 5.98. The van der Waals surface area contributed by atoms with Gasteiger partial charge in [0.1, 0.15) is 12.4 Å². The Bertz CT molecular complexity index is 1410. The lowest BCUT2D eigenvalue weighted by molar-refractivity contribution is -0.139. The summed E-state index contributed by atoms with van der Waals surface area (Å²) in [4.78, 5) is 57.5. The lowest BCUT2D eigenvalue weighted by Crippen LogP contribution is -2.50. The van der Waals surface area contributed by atoms with Crippen LogP contribution in [0.5, 0.6) is 0 Å². The highest BCUT2D eigenvalue weighted by Gasteiger charge is 2.51. The summed E-state index contributed by atoms with van der Waals surface area (Å²) in [5.74, 6) is 2.10. The number of rotatable bonds is 8. The fourth-order valence-corrected chi connectivity index (χ4v) is 8.67. The zero-order valence-corrected chi connectivity index (χ0v) is 24.9. The predicted octanol–water partition coefficient (Wildman–Crippen LogP) is 1.90. The first kappa shape index (κ1) is 28.8. The molecule has 4 N–H and O–H groups in total. The Morgan fingerprint density at radius 1 is 1.07 bits per heavy atom. The van der Waals surface area contributed by atoms with E-state index in [1.54, 1.807) is 4.57 Å². The number of carbonyl (C=O) groups is 3. The Labute approximate surface area is 255 Å². The number of ether oxygens (including phenoxy) is 1. The van der Waals surface area contributed by atoms with Gasteiger partial charge in [-0.25, -0.2) is 24.5 Å². The third-order valence-corrected chi connectivity index (χ3v) is 10.3. The molecule has 0 aromatic carbocycles. The molecule has 8 rings (SSSR count). The SMILES string of the molecule is O=C(N[C@@H](Cn1cnc2c(N3CCC(C(=O)NC4=NCCCN4)CC3)ncnc21)C(=O)O)OCC12CC3CC(CC(C3)C1)C2. The average molecular weight is 608 g/mol. The number of aliphatic carboxylic acids is 1. The van der Waals surface area contributed by atoms with Crippen molar-refractivity contribution in [3.63, 3.8) is 0 Å². The summed E-state index contributed by atoms with van der Waals surface area (Å²) in [5, 5.41) is 18.5. The lowest BCUT2D eigenvalue weighted by Gasteiger charge is -2.56. The zero-order chi connectivity index (χ0) is 30.3. The van der Waals surface area contributed by atoms with Crippen LogP contribution in [0.4, 0.5) is 10.6 Å². The standard InChI is InChI=1S/C30H41N9O5/c40-26(37-28-31-4-1-5-32-28)21-2-6-38(7-3-21)24-23-25(34-16-33-24)39(17-35-23)14-22(27(41)42)36-29(43)44-15-30-11-18-8-19(12-30)10-20(9-18)13-30/h16-22H,1-15H2,(H,36,43)(H,41,42)(H2,31,32,37,40)/t18?,19?,20?,22-,30?/m0/s1. The summed E-state index contributed by atoms with van der Waals surface area (Å²) < 4.78 is 7.29. The Balaban J connectivity index is 0.959. The number of fused-ring (bicyclic) bond motifs is 1. The predicted molar refractivity (Wildman–Crippen MR) is 160 cm³/mol. The molecule has 4 saturated carbocycles. The van der Waals surface area contributed by atoms with E-state index in [4.69, 9.17) is 4.74 Å². The van der Waals surface area contributed by atoms with Gasteiger partial charge < -0.3 is 29.9 Å². The number of carbonyl (C=O) groups excluding carboxylic acids is 2. The number of aliphatic imine (C=N–C) groups is 1. The van der Waals surface area contributed by atoms with Crippen molar-refractivity contribution >= 4 is 40.9 Å². The van der Waals surface area contributed by atoms with Crippen LogP contribution < -0.4 is 20.9 Å². The van der Waals surface area contributed by atoms with E-state index >= 15 is 0 Å². The molecule has 14 heteroatoms. The first-order valence-electron chi connectivity index (χ1n) is 16.0. The van der Waals surface area contributed by atoms with Crippen LogP contribution in [0.3, 0.4) is 0 Å². The first-order valence-corrected chi connectivity index (χ1v) is 16.0. The number of aromatic nitrogens is 4. The molecule has 4 bridgehead atoms. The van der Waals surface area contributed by atoms with Crippen molar-refractivity contribution in [3.8, 4) is 0 Å². The van der Waals surface area contributed by atoms with Crippen molar-refractivity contribution in [3.05, 3.63) is 12.7 Å². The number of imidazole rings is 1. The number of anilines is 1. The van der Waals surface area contributed by atoms with E-state index in [0.717, 1.165) is 50.0 Å². The molecule has 2 aliphatic heterocycles. The van der Waals surface area contributed by atoms with E-state index in [-0.39, 0.29) is 23.8 Å². The number of guanidine groups is 1. The minimum Gasteiger partial charge on any atom is -0.480 e. The fraction of sp³-hybridized carbons (Fsp3) is 0.700. The number of carboxylic acid groups (broad SMARTS) is 1. The second-order valence-corrected chi connectivity index (χ2v) is 13.6. The summed E-state index contributed by atoms with van der Waals surface area (Å²) in [5.41, 5.74) is 1.08. The minimum absolute atomic E-state index is 0.0291. The number of alkyl carbamates (subject to hydrolysis) is 1. The third kappa shape index (κ3) is 5.90. The van der Waals surface area contributed by atoms with Crippen LogP contribution in [0, 0.1) is 29.1 Å². The molecule has 0 unspecified atom stereocenters. The molecule has 14 nitrogen and oxygen atoms in total. The van der Waals surface area contributed by atoms with Crippen LogP contribution in [0.2, 0.25) is 0 Å². The van der Waals surface area contributed by atoms with Crippen LogP contribution in [-0.2, 0) is 20.9 Å². The number of carboxylic acids is 1. The third-order valence-electron chi connectivity index (χ3n) is 10.3. The van der Waals surface area contributed by atoms with E-state index in [2.05, 4.69) is 40.8 Å². The van der Waals surface area contributed by atoms with Crippen LogP contribution in [0.25, 0.3) is 11.2 Å². The van der Waals surface area contributed by atoms with Crippen LogP contribution >= 0.6 is 0 Å². The molecule has 4 aliphatic carbocycles. The molecule has 6 aliphatic rings. The summed E-state index contributed by atoms with van der Waals surface area (Å²) >= 11 is 0. The Morgan fingerprint density at radius 3 is 2.45 bits per heavy atom. The second-order valence-electron chi connectivity index (χ2n) is 13.6. The maximum atomic E-state index is 12.8. The van der Waals surface area contributed by atoms with Gasteiger partial charge in [-0.05, 0) is 75.5 Å². The van der Waals surface area contributed by atoms with Gasteiger partial charge in [0.2, 0.25) is 5.91 Å². The van der Waals surface area contributed by atoms with Crippen molar-refractivity contribution in [1.82, 2.24) is 35.5 Å². The summed E-state index contributed by atoms with van der Waals surface area (Å²) in [7, 11) is 0. The number of piperidine rings is 1. The average Bonchev–Trinajstić information content (AvgIpc) is 3.42. The Hall–Kier alpha value is -3.97. The highest BCUT2D eigenvalue weighted by Crippen LogP contribution is 2.60. The van der Waals surface area contributed by atoms with Gasteiger partial charge in [0.25, 0.3) is 0 Å². The molecule has 5 fully saturated rings. The lowest BCUT2D eigenvalue weighted by atomic mass is 9.50. The smallest absolute Gasteiger partial charge is 0.407 e. The van der Waals surface area contributed by atoms with Gasteiger partial charge in [0.15, 0.2) is 22.9 Å². The first-order chi connectivity index (χ1) is 21.3. The topological polar surface area (TPSA) is 176 Å². The Morgan fingerprint density at radius 2 is 1.80 bits per heavy atom. The van der Waals surface area contributed by atoms with Crippen molar-refractivity contribution in [2.75, 3.05) is 37.7 Å². The molecule has 44 heavy (non-hydrogen) atoms.